The summed E-state index contributed by atoms with van der Waals surface area (Å²) in [5, 5.41) is 8.76. The second kappa shape index (κ2) is 7.96. The summed E-state index contributed by atoms with van der Waals surface area (Å²) in [6, 6.07) is 8.19. The highest BCUT2D eigenvalue weighted by Gasteiger charge is 2.08. The van der Waals surface area contributed by atoms with Gasteiger partial charge in [-0.3, -0.25) is 0 Å². The molecular weight excluding hydrogens is 264 g/mol. The molecule has 0 spiro atoms. The number of aliphatic hydroxyl groups is 1. The Morgan fingerprint density at radius 1 is 1.14 bits per heavy atom. The molecular formula is C17H24N2O2. The maximum absolute atomic E-state index is 8.76. The third kappa shape index (κ3) is 4.99. The molecule has 0 bridgehead atoms. The number of aromatic nitrogens is 1. The SMILES string of the molecule is Cc1ccc(-c2nc(CN(C)CCCCCO)co2)cc1. The van der Waals surface area contributed by atoms with Gasteiger partial charge in [-0.05, 0) is 51.9 Å². The molecule has 0 aliphatic rings. The number of rotatable bonds is 8. The molecule has 0 fully saturated rings. The molecule has 1 aromatic carbocycles. The predicted molar refractivity (Wildman–Crippen MR) is 83.9 cm³/mol. The van der Waals surface area contributed by atoms with E-state index in [0.29, 0.717) is 5.89 Å². The first-order valence-corrected chi connectivity index (χ1v) is 7.50. The van der Waals surface area contributed by atoms with Crippen molar-refractivity contribution in [2.75, 3.05) is 20.2 Å². The standard InChI is InChI=1S/C17H24N2O2/c1-14-6-8-15(9-7-14)17-18-16(13-21-17)12-19(2)10-4-3-5-11-20/h6-9,13,20H,3-5,10-12H2,1-2H3. The minimum atomic E-state index is 0.285. The maximum atomic E-state index is 8.76. The van der Waals surface area contributed by atoms with E-state index in [2.05, 4.69) is 36.0 Å². The Kier molecular flexibility index (Phi) is 5.96. The molecule has 114 valence electrons. The second-order valence-corrected chi connectivity index (χ2v) is 5.53. The van der Waals surface area contributed by atoms with Crippen LogP contribution in [0.4, 0.5) is 0 Å². The summed E-state index contributed by atoms with van der Waals surface area (Å²) in [6.07, 6.45) is 4.78. The molecule has 21 heavy (non-hydrogen) atoms. The number of aliphatic hydroxyl groups excluding tert-OH is 1. The summed E-state index contributed by atoms with van der Waals surface area (Å²) < 4.78 is 5.56. The van der Waals surface area contributed by atoms with E-state index >= 15 is 0 Å². The largest absolute Gasteiger partial charge is 0.444 e. The van der Waals surface area contributed by atoms with Gasteiger partial charge in [0.2, 0.25) is 5.89 Å². The summed E-state index contributed by atoms with van der Waals surface area (Å²) >= 11 is 0. The van der Waals surface area contributed by atoms with Gasteiger partial charge >= 0.3 is 0 Å². The quantitative estimate of drug-likeness (QED) is 0.758. The lowest BCUT2D eigenvalue weighted by Crippen LogP contribution is -2.19. The zero-order valence-corrected chi connectivity index (χ0v) is 12.9. The Morgan fingerprint density at radius 2 is 1.90 bits per heavy atom. The molecule has 4 nitrogen and oxygen atoms in total. The van der Waals surface area contributed by atoms with Crippen molar-refractivity contribution in [3.8, 4) is 11.5 Å². The van der Waals surface area contributed by atoms with Crippen LogP contribution in [-0.4, -0.2) is 35.2 Å². The number of hydrogen-bond acceptors (Lipinski definition) is 4. The fourth-order valence-corrected chi connectivity index (χ4v) is 2.23. The molecule has 0 aliphatic heterocycles. The normalized spacial score (nSPS) is 11.2. The van der Waals surface area contributed by atoms with Crippen LogP contribution in [-0.2, 0) is 6.54 Å². The fourth-order valence-electron chi connectivity index (χ4n) is 2.23. The lowest BCUT2D eigenvalue weighted by molar-refractivity contribution is 0.270. The minimum absolute atomic E-state index is 0.285. The molecule has 1 heterocycles. The minimum Gasteiger partial charge on any atom is -0.444 e. The number of benzene rings is 1. The van der Waals surface area contributed by atoms with Crippen molar-refractivity contribution in [3.63, 3.8) is 0 Å². The molecule has 2 aromatic rings. The number of hydrogen-bond donors (Lipinski definition) is 1. The summed E-state index contributed by atoms with van der Waals surface area (Å²) in [5.74, 6) is 0.679. The highest BCUT2D eigenvalue weighted by atomic mass is 16.3. The van der Waals surface area contributed by atoms with E-state index in [-0.39, 0.29) is 6.61 Å². The Balaban J connectivity index is 1.86. The van der Waals surface area contributed by atoms with Gasteiger partial charge in [-0.25, -0.2) is 4.98 Å². The highest BCUT2D eigenvalue weighted by molar-refractivity contribution is 5.53. The van der Waals surface area contributed by atoms with Gasteiger partial charge in [-0.15, -0.1) is 0 Å². The zero-order valence-electron chi connectivity index (χ0n) is 12.9. The first-order valence-electron chi connectivity index (χ1n) is 7.50. The zero-order chi connectivity index (χ0) is 15.1. The van der Waals surface area contributed by atoms with Crippen molar-refractivity contribution in [1.29, 1.82) is 0 Å². The summed E-state index contributed by atoms with van der Waals surface area (Å²) in [5.41, 5.74) is 3.20. The van der Waals surface area contributed by atoms with Gasteiger partial charge in [-0.2, -0.15) is 0 Å². The number of unbranched alkanes of at least 4 members (excludes halogenated alkanes) is 2. The molecule has 1 aromatic heterocycles. The van der Waals surface area contributed by atoms with E-state index in [1.165, 1.54) is 5.56 Å². The molecule has 0 atom stereocenters. The average Bonchev–Trinajstić information content (AvgIpc) is 2.93. The average molecular weight is 288 g/mol. The molecule has 0 amide bonds. The molecule has 0 unspecified atom stereocenters. The van der Waals surface area contributed by atoms with E-state index in [4.69, 9.17) is 9.52 Å². The molecule has 0 aliphatic carbocycles. The van der Waals surface area contributed by atoms with Crippen molar-refractivity contribution in [3.05, 3.63) is 41.8 Å². The van der Waals surface area contributed by atoms with Gasteiger partial charge in [0.1, 0.15) is 6.26 Å². The van der Waals surface area contributed by atoms with Crippen LogP contribution in [0.15, 0.2) is 34.9 Å². The Morgan fingerprint density at radius 3 is 2.62 bits per heavy atom. The van der Waals surface area contributed by atoms with Gasteiger partial charge in [-0.1, -0.05) is 17.7 Å². The first-order chi connectivity index (χ1) is 10.2. The van der Waals surface area contributed by atoms with Gasteiger partial charge in [0.15, 0.2) is 0 Å². The van der Waals surface area contributed by atoms with Crippen LogP contribution in [0.25, 0.3) is 11.5 Å². The van der Waals surface area contributed by atoms with Crippen LogP contribution in [0.2, 0.25) is 0 Å². The topological polar surface area (TPSA) is 49.5 Å². The molecule has 4 heteroatoms. The van der Waals surface area contributed by atoms with Crippen molar-refractivity contribution < 1.29 is 9.52 Å². The van der Waals surface area contributed by atoms with Gasteiger partial charge < -0.3 is 14.4 Å². The number of nitrogens with zero attached hydrogens (tertiary/aromatic N) is 2. The molecule has 0 saturated carbocycles. The smallest absolute Gasteiger partial charge is 0.226 e. The van der Waals surface area contributed by atoms with Crippen LogP contribution in [0.3, 0.4) is 0 Å². The summed E-state index contributed by atoms with van der Waals surface area (Å²) in [7, 11) is 2.08. The number of oxazole rings is 1. The first kappa shape index (κ1) is 15.7. The van der Waals surface area contributed by atoms with Gasteiger partial charge in [0, 0.05) is 18.7 Å². The van der Waals surface area contributed by atoms with E-state index in [1.54, 1.807) is 6.26 Å². The van der Waals surface area contributed by atoms with Crippen molar-refractivity contribution >= 4 is 0 Å². The fraction of sp³-hybridized carbons (Fsp3) is 0.471. The predicted octanol–water partition coefficient (Wildman–Crippen LogP) is 3.24. The van der Waals surface area contributed by atoms with Crippen molar-refractivity contribution in [2.24, 2.45) is 0 Å². The molecule has 0 saturated heterocycles. The third-order valence-corrected chi connectivity index (χ3v) is 3.48. The van der Waals surface area contributed by atoms with Crippen molar-refractivity contribution in [1.82, 2.24) is 9.88 Å². The van der Waals surface area contributed by atoms with E-state index in [9.17, 15) is 0 Å². The van der Waals surface area contributed by atoms with Crippen LogP contribution >= 0.6 is 0 Å². The second-order valence-electron chi connectivity index (χ2n) is 5.53. The molecule has 0 radical (unpaired) electrons. The van der Waals surface area contributed by atoms with Crippen LogP contribution in [0, 0.1) is 6.92 Å². The van der Waals surface area contributed by atoms with E-state index in [1.807, 2.05) is 12.1 Å². The number of aryl methyl sites for hydroxylation is 1. The van der Waals surface area contributed by atoms with Crippen LogP contribution < -0.4 is 0 Å². The van der Waals surface area contributed by atoms with Crippen LogP contribution in [0.1, 0.15) is 30.5 Å². The lowest BCUT2D eigenvalue weighted by atomic mass is 10.1. The third-order valence-electron chi connectivity index (χ3n) is 3.48. The Labute approximate surface area is 126 Å². The van der Waals surface area contributed by atoms with Gasteiger partial charge in [0.25, 0.3) is 0 Å². The molecule has 2 rings (SSSR count). The van der Waals surface area contributed by atoms with E-state index in [0.717, 1.165) is 43.6 Å². The maximum Gasteiger partial charge on any atom is 0.226 e. The van der Waals surface area contributed by atoms with Crippen LogP contribution in [0.5, 0.6) is 0 Å². The van der Waals surface area contributed by atoms with Crippen molar-refractivity contribution in [2.45, 2.75) is 32.7 Å². The Bertz CT molecular complexity index is 534. The Hall–Kier alpha value is -1.65. The molecule has 1 N–H and O–H groups in total. The van der Waals surface area contributed by atoms with Gasteiger partial charge in [0.05, 0.1) is 5.69 Å². The summed E-state index contributed by atoms with van der Waals surface area (Å²) in [6.45, 7) is 4.14. The highest BCUT2D eigenvalue weighted by Crippen LogP contribution is 2.19. The lowest BCUT2D eigenvalue weighted by Gasteiger charge is -2.14. The summed E-state index contributed by atoms with van der Waals surface area (Å²) in [4.78, 5) is 6.78. The van der Waals surface area contributed by atoms with E-state index < -0.39 is 0 Å². The monoisotopic (exact) mass is 288 g/mol.